The van der Waals surface area contributed by atoms with Crippen LogP contribution in [0.15, 0.2) is 0 Å². The summed E-state index contributed by atoms with van der Waals surface area (Å²) in [6.07, 6.45) is 0. The quantitative estimate of drug-likeness (QED) is 0.552. The summed E-state index contributed by atoms with van der Waals surface area (Å²) in [5.74, 6) is 0. The fraction of sp³-hybridized carbons (Fsp3) is 1.00. The lowest BCUT2D eigenvalue weighted by molar-refractivity contribution is -0.0277. The normalized spacial score (nSPS) is 18.8. The van der Waals surface area contributed by atoms with Gasteiger partial charge in [-0.25, -0.2) is 0 Å². The van der Waals surface area contributed by atoms with Crippen molar-refractivity contribution >= 4 is 18.0 Å². The van der Waals surface area contributed by atoms with Gasteiger partial charge in [0.1, 0.15) is 0 Å². The molecule has 1 rings (SSSR count). The van der Waals surface area contributed by atoms with E-state index in [9.17, 15) is 0 Å². The molecule has 0 aromatic rings. The second kappa shape index (κ2) is 7.78. The Morgan fingerprint density at radius 2 is 1.26 bits per heavy atom. The van der Waals surface area contributed by atoms with E-state index in [2.05, 4.69) is 0 Å². The van der Waals surface area contributed by atoms with Crippen LogP contribution in [0, 0.1) is 0 Å². The summed E-state index contributed by atoms with van der Waals surface area (Å²) in [4.78, 5) is 0. The molecule has 1 aliphatic heterocycles. The molecule has 114 valence electrons. The summed E-state index contributed by atoms with van der Waals surface area (Å²) in [5.41, 5.74) is 0. The van der Waals surface area contributed by atoms with Gasteiger partial charge in [0, 0.05) is 48.6 Å². The highest BCUT2D eigenvalue weighted by molar-refractivity contribution is 6.70. The van der Waals surface area contributed by atoms with Gasteiger partial charge >= 0.3 is 18.0 Å². The Kier molecular flexibility index (Phi) is 7.03. The minimum Gasteiger partial charge on any atom is -0.379 e. The lowest BCUT2D eigenvalue weighted by Gasteiger charge is -2.41. The van der Waals surface area contributed by atoms with Crippen LogP contribution in [0.4, 0.5) is 0 Å². The Balaban J connectivity index is 2.90. The van der Waals surface area contributed by atoms with E-state index >= 15 is 0 Å². The Morgan fingerprint density at radius 3 is 1.63 bits per heavy atom. The summed E-state index contributed by atoms with van der Waals surface area (Å²) in [5, 5.41) is 0. The molecule has 1 fully saturated rings. The Labute approximate surface area is 116 Å². The Morgan fingerprint density at radius 1 is 0.789 bits per heavy atom. The highest BCUT2D eigenvalue weighted by atomic mass is 28.5. The number of rotatable bonds is 8. The Hall–Kier alpha value is 0.114. The molecule has 0 bridgehead atoms. The zero-order valence-electron chi connectivity index (χ0n) is 12.1. The number of hydrogen-bond donors (Lipinski definition) is 0. The first-order chi connectivity index (χ1) is 9.12. The summed E-state index contributed by atoms with van der Waals surface area (Å²) in [7, 11) is 1.17. The van der Waals surface area contributed by atoms with Crippen LogP contribution >= 0.6 is 0 Å². The highest BCUT2D eigenvalue weighted by Gasteiger charge is 2.59. The molecule has 0 unspecified atom stereocenters. The van der Waals surface area contributed by atoms with Crippen LogP contribution in [0.5, 0.6) is 0 Å². The van der Waals surface area contributed by atoms with Crippen LogP contribution < -0.4 is 0 Å². The van der Waals surface area contributed by atoms with Gasteiger partial charge < -0.3 is 31.0 Å². The first-order valence-corrected chi connectivity index (χ1v) is 9.21. The van der Waals surface area contributed by atoms with Gasteiger partial charge in [-0.3, -0.25) is 4.57 Å². The van der Waals surface area contributed by atoms with Crippen molar-refractivity contribution in [3.8, 4) is 0 Å². The van der Waals surface area contributed by atoms with E-state index in [1.807, 2.05) is 4.57 Å². The van der Waals surface area contributed by atoms with Crippen molar-refractivity contribution in [3.05, 3.63) is 0 Å². The fourth-order valence-corrected chi connectivity index (χ4v) is 7.22. The zero-order chi connectivity index (χ0) is 14.4. The lowest BCUT2D eigenvalue weighted by atomic mass is 10.5. The fourth-order valence-electron chi connectivity index (χ4n) is 1.86. The van der Waals surface area contributed by atoms with E-state index in [0.717, 1.165) is 0 Å². The monoisotopic (exact) mass is 313 g/mol. The van der Waals surface area contributed by atoms with Crippen molar-refractivity contribution in [1.82, 2.24) is 4.57 Å². The van der Waals surface area contributed by atoms with Crippen LogP contribution in [0.25, 0.3) is 0 Å². The predicted molar refractivity (Wildman–Crippen MR) is 70.0 cm³/mol. The van der Waals surface area contributed by atoms with E-state index < -0.39 is 18.0 Å². The highest BCUT2D eigenvalue weighted by Crippen LogP contribution is 2.22. The van der Waals surface area contributed by atoms with E-state index in [0.29, 0.717) is 26.3 Å². The van der Waals surface area contributed by atoms with E-state index in [1.165, 1.54) is 21.3 Å². The maximum absolute atomic E-state index is 5.95. The number of ether oxygens (including phenoxy) is 1. The second-order valence-corrected chi connectivity index (χ2v) is 9.28. The lowest BCUT2D eigenvalue weighted by Crippen LogP contribution is -2.68. The minimum absolute atomic E-state index is 0.604. The van der Waals surface area contributed by atoms with Crippen LogP contribution in [0.3, 0.4) is 0 Å². The van der Waals surface area contributed by atoms with Crippen molar-refractivity contribution in [1.29, 1.82) is 0 Å². The first kappa shape index (κ1) is 17.2. The standard InChI is InChI=1S/C9H23NO7Si2/c1-11-18(12-2,10-6-8-16-9-7-10)17-19(13-3,14-4)15-5/h6-9H2,1-5H3. The molecule has 8 nitrogen and oxygen atoms in total. The van der Waals surface area contributed by atoms with Crippen LogP contribution in [0.2, 0.25) is 0 Å². The van der Waals surface area contributed by atoms with Gasteiger partial charge in [-0.1, -0.05) is 0 Å². The topological polar surface area (TPSA) is 67.9 Å². The van der Waals surface area contributed by atoms with E-state index in [1.54, 1.807) is 14.2 Å². The second-order valence-electron chi connectivity index (χ2n) is 3.75. The molecular weight excluding hydrogens is 290 g/mol. The average Bonchev–Trinajstić information content (AvgIpc) is 2.51. The number of nitrogens with zero attached hydrogens (tertiary/aromatic N) is 1. The molecule has 0 radical (unpaired) electrons. The average molecular weight is 313 g/mol. The molecule has 0 aromatic heterocycles. The largest absolute Gasteiger partial charge is 0.672 e. The summed E-state index contributed by atoms with van der Waals surface area (Å²) >= 11 is 0. The third-order valence-electron chi connectivity index (χ3n) is 2.92. The summed E-state index contributed by atoms with van der Waals surface area (Å²) in [6.45, 7) is 2.53. The van der Waals surface area contributed by atoms with Gasteiger partial charge in [0.2, 0.25) is 0 Å². The predicted octanol–water partition coefficient (Wildman–Crippen LogP) is -0.562. The molecule has 10 heteroatoms. The maximum atomic E-state index is 5.95. The summed E-state index contributed by atoms with van der Waals surface area (Å²) in [6, 6.07) is 0. The third kappa shape index (κ3) is 3.81. The number of morpholine rings is 1. The molecule has 0 saturated carbocycles. The van der Waals surface area contributed by atoms with Gasteiger partial charge in [0.05, 0.1) is 13.2 Å². The van der Waals surface area contributed by atoms with Crippen molar-refractivity contribution in [2.24, 2.45) is 0 Å². The molecule has 0 N–H and O–H groups in total. The number of hydrogen-bond acceptors (Lipinski definition) is 8. The van der Waals surface area contributed by atoms with Gasteiger partial charge in [-0.2, -0.15) is 0 Å². The van der Waals surface area contributed by atoms with Gasteiger partial charge in [0.15, 0.2) is 0 Å². The molecule has 1 aliphatic rings. The molecule has 0 atom stereocenters. The molecule has 1 saturated heterocycles. The Bertz CT molecular complexity index is 249. The molecule has 0 aliphatic carbocycles. The van der Waals surface area contributed by atoms with Crippen molar-refractivity contribution in [2.45, 2.75) is 0 Å². The smallest absolute Gasteiger partial charge is 0.379 e. The van der Waals surface area contributed by atoms with Crippen molar-refractivity contribution in [2.75, 3.05) is 61.9 Å². The van der Waals surface area contributed by atoms with Crippen molar-refractivity contribution in [3.63, 3.8) is 0 Å². The molecular formula is C9H23NO7Si2. The minimum atomic E-state index is -3.25. The first-order valence-electron chi connectivity index (χ1n) is 5.90. The molecule has 0 spiro atoms. The maximum Gasteiger partial charge on any atom is 0.672 e. The molecule has 19 heavy (non-hydrogen) atoms. The van der Waals surface area contributed by atoms with Gasteiger partial charge in [0.25, 0.3) is 0 Å². The van der Waals surface area contributed by atoms with E-state index in [4.69, 9.17) is 31.0 Å². The summed E-state index contributed by atoms with van der Waals surface area (Å²) < 4.78 is 40.2. The van der Waals surface area contributed by atoms with Crippen molar-refractivity contribution < 1.29 is 31.0 Å². The SMILES string of the molecule is CO[Si](OC)(OC)O[Si](OC)(OC)N1CCOCC1. The van der Waals surface area contributed by atoms with Gasteiger partial charge in [-0.15, -0.1) is 0 Å². The molecule has 0 amide bonds. The third-order valence-corrected chi connectivity index (χ3v) is 8.70. The van der Waals surface area contributed by atoms with Gasteiger partial charge in [-0.05, 0) is 0 Å². The van der Waals surface area contributed by atoms with Crippen LogP contribution in [0.1, 0.15) is 0 Å². The zero-order valence-corrected chi connectivity index (χ0v) is 14.1. The molecule has 0 aromatic carbocycles. The molecule has 1 heterocycles. The van der Waals surface area contributed by atoms with Crippen LogP contribution in [-0.4, -0.2) is 84.4 Å². The van der Waals surface area contributed by atoms with E-state index in [-0.39, 0.29) is 0 Å². The van der Waals surface area contributed by atoms with Crippen LogP contribution in [-0.2, 0) is 31.0 Å².